The maximum atomic E-state index is 13.7. The van der Waals surface area contributed by atoms with E-state index in [2.05, 4.69) is 9.52 Å². The number of benzene rings is 2. The van der Waals surface area contributed by atoms with Crippen LogP contribution in [-0.2, 0) is 9.73 Å². The van der Waals surface area contributed by atoms with Gasteiger partial charge in [-0.1, -0.05) is 17.3 Å². The van der Waals surface area contributed by atoms with E-state index in [0.717, 1.165) is 0 Å². The summed E-state index contributed by atoms with van der Waals surface area (Å²) in [5, 5.41) is 11.5. The number of nitrogens with zero attached hydrogens (tertiary/aromatic N) is 2. The van der Waals surface area contributed by atoms with E-state index < -0.39 is 15.5 Å². The van der Waals surface area contributed by atoms with Crippen molar-refractivity contribution in [3.63, 3.8) is 0 Å². The number of nitrogens with two attached hydrogens (primary N) is 1. The van der Waals surface area contributed by atoms with Crippen LogP contribution in [0.5, 0.6) is 0 Å². The normalized spacial score (nSPS) is 14.5. The zero-order chi connectivity index (χ0) is 15.5. The molecule has 0 aliphatic rings. The highest BCUT2D eigenvalue weighted by Gasteiger charge is 2.11. The zero-order valence-corrected chi connectivity index (χ0v) is 12.0. The van der Waals surface area contributed by atoms with E-state index in [1.54, 1.807) is 30.3 Å². The molecule has 0 saturated carbocycles. The lowest BCUT2D eigenvalue weighted by Crippen LogP contribution is -2.12. The second kappa shape index (κ2) is 5.92. The van der Waals surface area contributed by atoms with E-state index in [-0.39, 0.29) is 10.7 Å². The van der Waals surface area contributed by atoms with Crippen molar-refractivity contribution in [1.29, 1.82) is 0 Å². The van der Waals surface area contributed by atoms with Crippen molar-refractivity contribution < 1.29 is 13.8 Å². The van der Waals surface area contributed by atoms with E-state index in [0.29, 0.717) is 11.3 Å². The van der Waals surface area contributed by atoms with Crippen LogP contribution in [0.15, 0.2) is 62.9 Å². The quantitative estimate of drug-likeness (QED) is 0.395. The van der Waals surface area contributed by atoms with Gasteiger partial charge in [0.05, 0.1) is 20.3 Å². The van der Waals surface area contributed by atoms with Crippen LogP contribution in [0.4, 0.5) is 10.1 Å². The highest BCUT2D eigenvalue weighted by molar-refractivity contribution is 7.93. The first-order valence-electron chi connectivity index (χ1n) is 5.99. The van der Waals surface area contributed by atoms with Crippen LogP contribution in [0, 0.1) is 5.82 Å². The third-order valence-electron chi connectivity index (χ3n) is 2.80. The van der Waals surface area contributed by atoms with Gasteiger partial charge in [-0.05, 0) is 36.4 Å². The first kappa shape index (κ1) is 15.0. The molecule has 0 amide bonds. The molecule has 1 unspecified atom stereocenters. The van der Waals surface area contributed by atoms with Crippen LogP contribution < -0.4 is 5.73 Å². The summed E-state index contributed by atoms with van der Waals surface area (Å²) in [7, 11) is -2.89. The number of oxime groups is 1. The summed E-state index contributed by atoms with van der Waals surface area (Å²) in [5.41, 5.74) is 6.37. The van der Waals surface area contributed by atoms with E-state index in [1.807, 2.05) is 0 Å². The molecule has 2 aromatic carbocycles. The van der Waals surface area contributed by atoms with Crippen molar-refractivity contribution in [2.24, 2.45) is 15.3 Å². The van der Waals surface area contributed by atoms with Crippen LogP contribution in [0.1, 0.15) is 5.56 Å². The monoisotopic (exact) mass is 307 g/mol. The summed E-state index contributed by atoms with van der Waals surface area (Å²) in [5.74, 6) is -0.588. The summed E-state index contributed by atoms with van der Waals surface area (Å²) in [4.78, 5) is 0.0607. The molecule has 0 aliphatic carbocycles. The zero-order valence-electron chi connectivity index (χ0n) is 11.2. The largest absolute Gasteiger partial charge is 0.409 e. The molecule has 2 aromatic rings. The molecule has 0 fully saturated rings. The Morgan fingerprint density at radius 1 is 1.19 bits per heavy atom. The predicted molar refractivity (Wildman–Crippen MR) is 79.8 cm³/mol. The molecule has 0 spiro atoms. The lowest BCUT2D eigenvalue weighted by Gasteiger charge is -2.06. The van der Waals surface area contributed by atoms with Gasteiger partial charge in [-0.15, -0.1) is 0 Å². The van der Waals surface area contributed by atoms with Crippen molar-refractivity contribution in [3.8, 4) is 0 Å². The number of rotatable bonds is 3. The third-order valence-corrected chi connectivity index (χ3v) is 4.50. The highest BCUT2D eigenvalue weighted by atomic mass is 32.2. The predicted octanol–water partition coefficient (Wildman–Crippen LogP) is 2.71. The van der Waals surface area contributed by atoms with E-state index in [1.165, 1.54) is 24.5 Å². The third kappa shape index (κ3) is 3.38. The molecule has 21 heavy (non-hydrogen) atoms. The molecule has 2 rings (SSSR count). The number of hydrogen-bond donors (Lipinski definition) is 2. The molecular weight excluding hydrogens is 293 g/mol. The molecular formula is C14H14FN3O2S. The van der Waals surface area contributed by atoms with Crippen molar-refractivity contribution in [1.82, 2.24) is 0 Å². The van der Waals surface area contributed by atoms with Gasteiger partial charge in [0.2, 0.25) is 0 Å². The highest BCUT2D eigenvalue weighted by Crippen LogP contribution is 2.21. The molecule has 0 aromatic heterocycles. The average molecular weight is 307 g/mol. The molecule has 3 N–H and O–H groups in total. The summed E-state index contributed by atoms with van der Waals surface area (Å²) >= 11 is 0. The van der Waals surface area contributed by atoms with Crippen molar-refractivity contribution >= 4 is 21.3 Å². The van der Waals surface area contributed by atoms with Gasteiger partial charge in [-0.2, -0.15) is 4.36 Å². The van der Waals surface area contributed by atoms with Gasteiger partial charge < -0.3 is 10.9 Å². The van der Waals surface area contributed by atoms with E-state index in [9.17, 15) is 8.60 Å². The van der Waals surface area contributed by atoms with E-state index >= 15 is 0 Å². The second-order valence-corrected chi connectivity index (χ2v) is 6.58. The van der Waals surface area contributed by atoms with Gasteiger partial charge in [-0.25, -0.2) is 8.60 Å². The van der Waals surface area contributed by atoms with Crippen molar-refractivity contribution in [3.05, 3.63) is 59.9 Å². The fourth-order valence-corrected chi connectivity index (χ4v) is 3.14. The summed E-state index contributed by atoms with van der Waals surface area (Å²) < 4.78 is 30.4. The fraction of sp³-hybridized carbons (Fsp3) is 0.0714. The van der Waals surface area contributed by atoms with Crippen molar-refractivity contribution in [2.75, 3.05) is 6.26 Å². The fourth-order valence-electron chi connectivity index (χ4n) is 1.75. The van der Waals surface area contributed by atoms with Crippen LogP contribution in [-0.4, -0.2) is 21.5 Å². The molecule has 0 radical (unpaired) electrons. The molecule has 0 saturated heterocycles. The smallest absolute Gasteiger partial charge is 0.170 e. The Hall–Kier alpha value is -2.41. The minimum atomic E-state index is -2.89. The Kier molecular flexibility index (Phi) is 4.23. The van der Waals surface area contributed by atoms with Crippen LogP contribution in [0.2, 0.25) is 0 Å². The first-order valence-corrected chi connectivity index (χ1v) is 7.91. The van der Waals surface area contributed by atoms with Crippen LogP contribution in [0.3, 0.4) is 0 Å². The van der Waals surface area contributed by atoms with Crippen LogP contribution >= 0.6 is 0 Å². The summed E-state index contributed by atoms with van der Waals surface area (Å²) in [6.07, 6.45) is 1.38. The minimum Gasteiger partial charge on any atom is -0.409 e. The number of amidine groups is 1. The van der Waals surface area contributed by atoms with Gasteiger partial charge in [-0.3, -0.25) is 0 Å². The Balaban J connectivity index is 2.43. The topological polar surface area (TPSA) is 88.0 Å². The Bertz CT molecular complexity index is 794. The van der Waals surface area contributed by atoms with Gasteiger partial charge in [0, 0.05) is 11.8 Å². The molecule has 7 heteroatoms. The maximum Gasteiger partial charge on any atom is 0.170 e. The van der Waals surface area contributed by atoms with E-state index in [4.69, 9.17) is 10.9 Å². The number of halogens is 1. The Labute approximate surface area is 122 Å². The van der Waals surface area contributed by atoms with Gasteiger partial charge in [0.15, 0.2) is 5.84 Å². The van der Waals surface area contributed by atoms with Gasteiger partial charge in [0.1, 0.15) is 5.82 Å². The Morgan fingerprint density at radius 2 is 1.81 bits per heavy atom. The first-order chi connectivity index (χ1) is 9.94. The average Bonchev–Trinajstić information content (AvgIpc) is 2.47. The SMILES string of the molecule is CS(=O)(=Nc1ccc(/C(N)=N/O)cc1)c1ccccc1F. The molecule has 0 heterocycles. The van der Waals surface area contributed by atoms with Crippen LogP contribution in [0.25, 0.3) is 0 Å². The molecule has 110 valence electrons. The standard InChI is InChI=1S/C14H14FN3O2S/c1-21(20,13-5-3-2-4-12(13)15)18-11-8-6-10(7-9-11)14(16)17-19/h2-9,19H,1H3,(H2,16,17). The summed E-state index contributed by atoms with van der Waals surface area (Å²) in [6, 6.07) is 12.1. The lowest BCUT2D eigenvalue weighted by atomic mass is 10.2. The molecule has 1 atom stereocenters. The molecule has 0 aliphatic heterocycles. The van der Waals surface area contributed by atoms with Gasteiger partial charge >= 0.3 is 0 Å². The van der Waals surface area contributed by atoms with Gasteiger partial charge in [0.25, 0.3) is 0 Å². The minimum absolute atomic E-state index is 0.0344. The molecule has 0 bridgehead atoms. The van der Waals surface area contributed by atoms with Crippen molar-refractivity contribution in [2.45, 2.75) is 4.90 Å². The summed E-state index contributed by atoms with van der Waals surface area (Å²) in [6.45, 7) is 0. The Morgan fingerprint density at radius 3 is 2.38 bits per heavy atom. The molecule has 5 nitrogen and oxygen atoms in total. The lowest BCUT2D eigenvalue weighted by molar-refractivity contribution is 0.318. The number of hydrogen-bond acceptors (Lipinski definition) is 4. The second-order valence-electron chi connectivity index (χ2n) is 4.36. The maximum absolute atomic E-state index is 13.7.